The molecule has 2 unspecified atom stereocenters. The third kappa shape index (κ3) is 2.80. The van der Waals surface area contributed by atoms with Crippen LogP contribution in [0.2, 0.25) is 0 Å². The Morgan fingerprint density at radius 1 is 1.35 bits per heavy atom. The molecule has 4 nitrogen and oxygen atoms in total. The summed E-state index contributed by atoms with van der Waals surface area (Å²) in [5.74, 6) is 2.36. The number of piperidine rings is 1. The molecule has 1 aromatic heterocycles. The predicted molar refractivity (Wildman–Crippen MR) is 81.8 cm³/mol. The standard InChI is InChI=1S/C16H26N4/c1-2-12-5-6-15-14(8-12)10-18-16(19-15)20-7-3-4-13(9-17)11-20/h10,12-13H,2-9,11,17H2,1H3. The second-order valence-corrected chi connectivity index (χ2v) is 6.35. The van der Waals surface area contributed by atoms with Crippen molar-refractivity contribution in [3.63, 3.8) is 0 Å². The van der Waals surface area contributed by atoms with Crippen LogP contribution in [0.4, 0.5) is 5.95 Å². The summed E-state index contributed by atoms with van der Waals surface area (Å²) in [5.41, 5.74) is 8.48. The Bertz CT molecular complexity index is 460. The molecule has 1 aliphatic carbocycles. The minimum atomic E-state index is 0.604. The molecule has 0 amide bonds. The monoisotopic (exact) mass is 274 g/mol. The van der Waals surface area contributed by atoms with Crippen LogP contribution in [-0.2, 0) is 12.8 Å². The van der Waals surface area contributed by atoms with Gasteiger partial charge in [0.1, 0.15) is 0 Å². The number of hydrogen-bond donors (Lipinski definition) is 1. The molecule has 110 valence electrons. The highest BCUT2D eigenvalue weighted by Crippen LogP contribution is 2.28. The highest BCUT2D eigenvalue weighted by molar-refractivity contribution is 5.35. The molecule has 1 saturated heterocycles. The van der Waals surface area contributed by atoms with Crippen LogP contribution in [0.25, 0.3) is 0 Å². The highest BCUT2D eigenvalue weighted by Gasteiger charge is 2.23. The summed E-state index contributed by atoms with van der Waals surface area (Å²) < 4.78 is 0. The van der Waals surface area contributed by atoms with Crippen molar-refractivity contribution in [3.05, 3.63) is 17.5 Å². The van der Waals surface area contributed by atoms with Crippen LogP contribution < -0.4 is 10.6 Å². The van der Waals surface area contributed by atoms with E-state index in [-0.39, 0.29) is 0 Å². The molecule has 20 heavy (non-hydrogen) atoms. The summed E-state index contributed by atoms with van der Waals surface area (Å²) in [6.07, 6.45) is 9.37. The first-order valence-electron chi connectivity index (χ1n) is 8.10. The fourth-order valence-electron chi connectivity index (χ4n) is 3.51. The summed E-state index contributed by atoms with van der Waals surface area (Å²) in [7, 11) is 0. The van der Waals surface area contributed by atoms with Gasteiger partial charge in [0.25, 0.3) is 0 Å². The molecular weight excluding hydrogens is 248 g/mol. The molecule has 0 spiro atoms. The summed E-state index contributed by atoms with van der Waals surface area (Å²) in [6.45, 7) is 5.16. The smallest absolute Gasteiger partial charge is 0.225 e. The molecular formula is C16H26N4. The zero-order valence-corrected chi connectivity index (χ0v) is 12.5. The molecule has 0 bridgehead atoms. The van der Waals surface area contributed by atoms with Crippen molar-refractivity contribution in [1.29, 1.82) is 0 Å². The van der Waals surface area contributed by atoms with Gasteiger partial charge in [0.2, 0.25) is 5.95 Å². The van der Waals surface area contributed by atoms with Gasteiger partial charge >= 0.3 is 0 Å². The van der Waals surface area contributed by atoms with Gasteiger partial charge in [0.15, 0.2) is 0 Å². The first kappa shape index (κ1) is 13.8. The van der Waals surface area contributed by atoms with Gasteiger partial charge in [-0.1, -0.05) is 13.3 Å². The van der Waals surface area contributed by atoms with Gasteiger partial charge in [-0.15, -0.1) is 0 Å². The number of rotatable bonds is 3. The molecule has 0 radical (unpaired) electrons. The lowest BCUT2D eigenvalue weighted by Gasteiger charge is -2.33. The molecule has 3 rings (SSSR count). The third-order valence-corrected chi connectivity index (χ3v) is 4.95. The Kier molecular flexibility index (Phi) is 4.20. The van der Waals surface area contributed by atoms with E-state index in [1.54, 1.807) is 0 Å². The van der Waals surface area contributed by atoms with Crippen molar-refractivity contribution < 1.29 is 0 Å². The van der Waals surface area contributed by atoms with E-state index in [1.807, 2.05) is 0 Å². The van der Waals surface area contributed by atoms with E-state index < -0.39 is 0 Å². The first-order chi connectivity index (χ1) is 9.80. The number of hydrogen-bond acceptors (Lipinski definition) is 4. The molecule has 2 N–H and O–H groups in total. The van der Waals surface area contributed by atoms with Crippen LogP contribution in [0.1, 0.15) is 43.9 Å². The number of aryl methyl sites for hydroxylation is 1. The first-order valence-corrected chi connectivity index (χ1v) is 8.10. The number of nitrogens with zero attached hydrogens (tertiary/aromatic N) is 3. The molecule has 1 fully saturated rings. The van der Waals surface area contributed by atoms with E-state index in [2.05, 4.69) is 23.0 Å². The lowest BCUT2D eigenvalue weighted by atomic mass is 9.86. The van der Waals surface area contributed by atoms with Crippen LogP contribution >= 0.6 is 0 Å². The van der Waals surface area contributed by atoms with Gasteiger partial charge in [0.05, 0.1) is 0 Å². The Balaban J connectivity index is 1.75. The fourth-order valence-corrected chi connectivity index (χ4v) is 3.51. The second-order valence-electron chi connectivity index (χ2n) is 6.35. The average Bonchev–Trinajstić information content (AvgIpc) is 2.54. The minimum Gasteiger partial charge on any atom is -0.340 e. The summed E-state index contributed by atoms with van der Waals surface area (Å²) in [5, 5.41) is 0. The van der Waals surface area contributed by atoms with Crippen LogP contribution in [-0.4, -0.2) is 29.6 Å². The number of nitrogens with two attached hydrogens (primary N) is 1. The maximum atomic E-state index is 5.82. The average molecular weight is 274 g/mol. The Hall–Kier alpha value is -1.16. The van der Waals surface area contributed by atoms with Crippen LogP contribution in [0, 0.1) is 11.8 Å². The minimum absolute atomic E-state index is 0.604. The van der Waals surface area contributed by atoms with Crippen LogP contribution in [0.5, 0.6) is 0 Å². The normalized spacial score (nSPS) is 26.4. The zero-order valence-electron chi connectivity index (χ0n) is 12.5. The number of fused-ring (bicyclic) bond motifs is 1. The largest absolute Gasteiger partial charge is 0.340 e. The molecule has 1 aliphatic heterocycles. The number of anilines is 1. The van der Waals surface area contributed by atoms with E-state index >= 15 is 0 Å². The fraction of sp³-hybridized carbons (Fsp3) is 0.750. The lowest BCUT2D eigenvalue weighted by molar-refractivity contribution is 0.416. The SMILES string of the molecule is CCC1CCc2nc(N3CCCC(CN)C3)ncc2C1. The topological polar surface area (TPSA) is 55.0 Å². The van der Waals surface area contributed by atoms with E-state index in [4.69, 9.17) is 10.7 Å². The van der Waals surface area contributed by atoms with Gasteiger partial charge in [-0.2, -0.15) is 0 Å². The molecule has 0 aromatic carbocycles. The van der Waals surface area contributed by atoms with Crippen molar-refractivity contribution in [3.8, 4) is 0 Å². The Morgan fingerprint density at radius 3 is 3.05 bits per heavy atom. The van der Waals surface area contributed by atoms with E-state index in [9.17, 15) is 0 Å². The van der Waals surface area contributed by atoms with Gasteiger partial charge in [-0.05, 0) is 56.0 Å². The van der Waals surface area contributed by atoms with Gasteiger partial charge in [-0.25, -0.2) is 9.97 Å². The third-order valence-electron chi connectivity index (χ3n) is 4.95. The highest BCUT2D eigenvalue weighted by atomic mass is 15.3. The maximum absolute atomic E-state index is 5.82. The summed E-state index contributed by atoms with van der Waals surface area (Å²) in [4.78, 5) is 11.8. The maximum Gasteiger partial charge on any atom is 0.225 e. The van der Waals surface area contributed by atoms with E-state index in [0.29, 0.717) is 5.92 Å². The second kappa shape index (κ2) is 6.08. The molecule has 2 heterocycles. The van der Waals surface area contributed by atoms with Crippen molar-refractivity contribution in [2.75, 3.05) is 24.5 Å². The Labute approximate surface area is 121 Å². The van der Waals surface area contributed by atoms with Crippen molar-refractivity contribution in [1.82, 2.24) is 9.97 Å². The summed E-state index contributed by atoms with van der Waals surface area (Å²) in [6, 6.07) is 0. The van der Waals surface area contributed by atoms with Crippen LogP contribution in [0.3, 0.4) is 0 Å². The van der Waals surface area contributed by atoms with Gasteiger partial charge in [-0.3, -0.25) is 0 Å². The molecule has 2 atom stereocenters. The molecule has 1 aromatic rings. The number of aromatic nitrogens is 2. The molecule has 0 saturated carbocycles. The lowest BCUT2D eigenvalue weighted by Crippen LogP contribution is -2.39. The predicted octanol–water partition coefficient (Wildman–Crippen LogP) is 2.17. The summed E-state index contributed by atoms with van der Waals surface area (Å²) >= 11 is 0. The Morgan fingerprint density at radius 2 is 2.25 bits per heavy atom. The molecule has 4 heteroatoms. The van der Waals surface area contributed by atoms with E-state index in [0.717, 1.165) is 44.3 Å². The van der Waals surface area contributed by atoms with Gasteiger partial charge in [0, 0.05) is 25.0 Å². The van der Waals surface area contributed by atoms with Crippen LogP contribution in [0.15, 0.2) is 6.20 Å². The van der Waals surface area contributed by atoms with Gasteiger partial charge < -0.3 is 10.6 Å². The van der Waals surface area contributed by atoms with Crippen molar-refractivity contribution in [2.24, 2.45) is 17.6 Å². The van der Waals surface area contributed by atoms with Crippen molar-refractivity contribution >= 4 is 5.95 Å². The zero-order chi connectivity index (χ0) is 13.9. The van der Waals surface area contributed by atoms with E-state index in [1.165, 1.54) is 36.9 Å². The quantitative estimate of drug-likeness (QED) is 0.918. The molecule has 2 aliphatic rings. The van der Waals surface area contributed by atoms with Crippen molar-refractivity contribution in [2.45, 2.75) is 45.4 Å².